The highest BCUT2D eigenvalue weighted by Gasteiger charge is 2.43. The van der Waals surface area contributed by atoms with Crippen LogP contribution in [0, 0.1) is 6.92 Å². The highest BCUT2D eigenvalue weighted by atomic mass is 32.2. The zero-order valence-corrected chi connectivity index (χ0v) is 17.2. The second-order valence-corrected chi connectivity index (χ2v) is 8.99. The highest BCUT2D eigenvalue weighted by molar-refractivity contribution is 7.90. The first-order valence-corrected chi connectivity index (χ1v) is 10.7. The lowest BCUT2D eigenvalue weighted by atomic mass is 9.95. The van der Waals surface area contributed by atoms with E-state index in [9.17, 15) is 39.6 Å². The smallest absolute Gasteiger partial charge is 0.417 e. The summed E-state index contributed by atoms with van der Waals surface area (Å²) in [5.74, 6) is -0.105. The molecule has 1 aromatic heterocycles. The average molecular weight is 476 g/mol. The van der Waals surface area contributed by atoms with Gasteiger partial charge in [0.05, 0.1) is 21.6 Å². The summed E-state index contributed by atoms with van der Waals surface area (Å²) in [7, 11) is -3.55. The number of hydrogen-bond acceptors (Lipinski definition) is 4. The van der Waals surface area contributed by atoms with Gasteiger partial charge in [-0.15, -0.1) is 0 Å². The van der Waals surface area contributed by atoms with Crippen LogP contribution in [0.1, 0.15) is 16.9 Å². The van der Waals surface area contributed by atoms with E-state index in [-0.39, 0.29) is 39.7 Å². The van der Waals surface area contributed by atoms with Crippen LogP contribution in [0.2, 0.25) is 0 Å². The summed E-state index contributed by atoms with van der Waals surface area (Å²) in [6.07, 6.45) is -9.62. The molecule has 0 atom stereocenters. The van der Waals surface area contributed by atoms with Crippen molar-refractivity contribution in [1.29, 1.82) is 0 Å². The molecule has 0 spiro atoms. The summed E-state index contributed by atoms with van der Waals surface area (Å²) < 4.78 is 108. The largest absolute Gasteiger partial charge is 0.460 e. The fourth-order valence-electron chi connectivity index (χ4n) is 3.12. The van der Waals surface area contributed by atoms with Crippen LogP contribution < -0.4 is 5.43 Å². The molecular formula is C21H14F6O4S. The summed E-state index contributed by atoms with van der Waals surface area (Å²) in [6.45, 7) is 1.41. The molecule has 2 aromatic carbocycles. The molecule has 0 fully saturated rings. The van der Waals surface area contributed by atoms with Gasteiger partial charge in [-0.3, -0.25) is 4.79 Å². The van der Waals surface area contributed by atoms with E-state index in [0.717, 1.165) is 18.4 Å². The number of hydrogen-bond donors (Lipinski definition) is 0. The normalized spacial score (nSPS) is 12.8. The fourth-order valence-corrected chi connectivity index (χ4v) is 3.75. The molecule has 0 amide bonds. The maximum Gasteiger partial charge on any atom is 0.417 e. The molecule has 3 rings (SSSR count). The van der Waals surface area contributed by atoms with E-state index in [4.69, 9.17) is 4.42 Å². The molecule has 0 N–H and O–H groups in total. The van der Waals surface area contributed by atoms with Gasteiger partial charge >= 0.3 is 12.4 Å². The lowest BCUT2D eigenvalue weighted by Gasteiger charge is -2.17. The van der Waals surface area contributed by atoms with Gasteiger partial charge in [-0.1, -0.05) is 6.07 Å². The highest BCUT2D eigenvalue weighted by Crippen LogP contribution is 2.42. The lowest BCUT2D eigenvalue weighted by Crippen LogP contribution is -2.17. The minimum atomic E-state index is -5.33. The minimum absolute atomic E-state index is 0.0494. The summed E-state index contributed by atoms with van der Waals surface area (Å²) in [5, 5.41) is 0. The topological polar surface area (TPSA) is 64.3 Å². The van der Waals surface area contributed by atoms with Crippen molar-refractivity contribution in [2.45, 2.75) is 24.2 Å². The number of halogens is 6. The van der Waals surface area contributed by atoms with E-state index in [0.29, 0.717) is 0 Å². The molecule has 0 radical (unpaired) electrons. The van der Waals surface area contributed by atoms with Gasteiger partial charge in [0, 0.05) is 17.9 Å². The molecule has 0 aliphatic carbocycles. The maximum atomic E-state index is 13.4. The van der Waals surface area contributed by atoms with E-state index >= 15 is 0 Å². The van der Waals surface area contributed by atoms with Gasteiger partial charge in [0.15, 0.2) is 15.3 Å². The van der Waals surface area contributed by atoms with Crippen molar-refractivity contribution in [3.63, 3.8) is 0 Å². The minimum Gasteiger partial charge on any atom is -0.460 e. The Morgan fingerprint density at radius 3 is 1.81 bits per heavy atom. The Kier molecular flexibility index (Phi) is 5.75. The Bertz CT molecular complexity index is 1330. The summed E-state index contributed by atoms with van der Waals surface area (Å²) in [5.41, 5.74) is -5.26. The van der Waals surface area contributed by atoms with Gasteiger partial charge in [0.2, 0.25) is 0 Å². The standard InChI is InChI=1S/C21H14F6O4S/c1-11-9-17(28)18(19(31-11)12-3-6-14(7-4-12)32(2,29)30)13-5-8-15(20(22,23)24)16(10-13)21(25,26)27/h3-10H,1-2H3. The Morgan fingerprint density at radius 1 is 0.781 bits per heavy atom. The molecule has 0 saturated carbocycles. The molecule has 32 heavy (non-hydrogen) atoms. The Balaban J connectivity index is 2.29. The van der Waals surface area contributed by atoms with E-state index in [2.05, 4.69) is 0 Å². The summed E-state index contributed by atoms with van der Waals surface area (Å²) in [4.78, 5) is 12.6. The van der Waals surface area contributed by atoms with Gasteiger partial charge in [-0.2, -0.15) is 26.3 Å². The molecule has 0 saturated heterocycles. The Morgan fingerprint density at radius 2 is 1.31 bits per heavy atom. The third kappa shape index (κ3) is 4.72. The van der Waals surface area contributed by atoms with Crippen molar-refractivity contribution >= 4 is 9.84 Å². The van der Waals surface area contributed by atoms with Crippen molar-refractivity contribution in [3.8, 4) is 22.5 Å². The number of sulfone groups is 1. The molecule has 170 valence electrons. The van der Waals surface area contributed by atoms with Crippen LogP contribution in [-0.2, 0) is 22.2 Å². The van der Waals surface area contributed by atoms with Gasteiger partial charge in [0.25, 0.3) is 0 Å². The van der Waals surface area contributed by atoms with Crippen molar-refractivity contribution in [2.24, 2.45) is 0 Å². The van der Waals surface area contributed by atoms with Crippen LogP contribution in [0.4, 0.5) is 26.3 Å². The first-order valence-electron chi connectivity index (χ1n) is 8.83. The number of aryl methyl sites for hydroxylation is 1. The molecule has 0 aliphatic heterocycles. The van der Waals surface area contributed by atoms with E-state index in [1.807, 2.05) is 0 Å². The maximum absolute atomic E-state index is 13.4. The van der Waals surface area contributed by atoms with Crippen LogP contribution in [-0.4, -0.2) is 14.7 Å². The summed E-state index contributed by atoms with van der Waals surface area (Å²) in [6, 6.07) is 7.25. The van der Waals surface area contributed by atoms with Crippen molar-refractivity contribution in [3.05, 3.63) is 75.6 Å². The Labute approximate surface area is 178 Å². The fraction of sp³-hybridized carbons (Fsp3) is 0.190. The predicted octanol–water partition coefficient (Wildman–Crippen LogP) is 5.72. The second kappa shape index (κ2) is 7.80. The van der Waals surface area contributed by atoms with Gasteiger partial charge in [-0.25, -0.2) is 8.42 Å². The van der Waals surface area contributed by atoms with Crippen LogP contribution >= 0.6 is 0 Å². The molecular weight excluding hydrogens is 462 g/mol. The predicted molar refractivity (Wildman–Crippen MR) is 104 cm³/mol. The van der Waals surface area contributed by atoms with E-state index < -0.39 is 44.3 Å². The molecule has 3 aromatic rings. The third-order valence-electron chi connectivity index (χ3n) is 4.53. The van der Waals surface area contributed by atoms with Crippen LogP contribution in [0.3, 0.4) is 0 Å². The monoisotopic (exact) mass is 476 g/mol. The lowest BCUT2D eigenvalue weighted by molar-refractivity contribution is -0.162. The molecule has 0 bridgehead atoms. The molecule has 0 aliphatic rings. The van der Waals surface area contributed by atoms with Crippen molar-refractivity contribution < 1.29 is 39.2 Å². The average Bonchev–Trinajstić information content (AvgIpc) is 2.65. The first kappa shape index (κ1) is 23.6. The van der Waals surface area contributed by atoms with E-state index in [1.54, 1.807) is 0 Å². The Hall–Kier alpha value is -3.08. The molecule has 1 heterocycles. The van der Waals surface area contributed by atoms with Gasteiger partial charge in [0.1, 0.15) is 11.5 Å². The van der Waals surface area contributed by atoms with Crippen LogP contribution in [0.5, 0.6) is 0 Å². The number of rotatable bonds is 3. The van der Waals surface area contributed by atoms with Crippen molar-refractivity contribution in [1.82, 2.24) is 0 Å². The van der Waals surface area contributed by atoms with Crippen LogP contribution in [0.15, 0.2) is 62.6 Å². The number of benzene rings is 2. The molecule has 0 unspecified atom stereocenters. The van der Waals surface area contributed by atoms with E-state index in [1.165, 1.54) is 31.2 Å². The SMILES string of the molecule is Cc1cc(=O)c(-c2ccc(C(F)(F)F)c(C(F)(F)F)c2)c(-c2ccc(S(C)(=O)=O)cc2)o1. The van der Waals surface area contributed by atoms with Crippen molar-refractivity contribution in [2.75, 3.05) is 6.26 Å². The van der Waals surface area contributed by atoms with Gasteiger partial charge in [-0.05, 0) is 48.9 Å². The second-order valence-electron chi connectivity index (χ2n) is 6.98. The quantitative estimate of drug-likeness (QED) is 0.454. The number of alkyl halides is 6. The van der Waals surface area contributed by atoms with Crippen LogP contribution in [0.25, 0.3) is 22.5 Å². The third-order valence-corrected chi connectivity index (χ3v) is 5.66. The molecule has 4 nitrogen and oxygen atoms in total. The summed E-state index contributed by atoms with van der Waals surface area (Å²) >= 11 is 0. The van der Waals surface area contributed by atoms with Gasteiger partial charge < -0.3 is 4.42 Å². The zero-order valence-electron chi connectivity index (χ0n) is 16.4. The zero-order chi connectivity index (χ0) is 24.1. The molecule has 11 heteroatoms. The first-order chi connectivity index (χ1) is 14.6.